The van der Waals surface area contributed by atoms with Crippen LogP contribution in [0.5, 0.6) is 0 Å². The van der Waals surface area contributed by atoms with Gasteiger partial charge in [0.15, 0.2) is 0 Å². The molecule has 200 valence electrons. The Morgan fingerprint density at radius 1 is 0.973 bits per heavy atom. The van der Waals surface area contributed by atoms with Crippen LogP contribution in [0.3, 0.4) is 0 Å². The van der Waals surface area contributed by atoms with E-state index in [2.05, 4.69) is 4.90 Å². The summed E-state index contributed by atoms with van der Waals surface area (Å²) in [4.78, 5) is 2.07. The highest BCUT2D eigenvalue weighted by atomic mass is 32.2. The van der Waals surface area contributed by atoms with Crippen molar-refractivity contribution in [1.82, 2.24) is 8.61 Å². The highest BCUT2D eigenvalue weighted by molar-refractivity contribution is 7.91. The second-order valence-electron chi connectivity index (χ2n) is 9.79. The number of sulfonamides is 2. The zero-order valence-corrected chi connectivity index (χ0v) is 23.6. The molecule has 1 fully saturated rings. The number of thiophene rings is 1. The zero-order chi connectivity index (χ0) is 26.8. The molecule has 0 saturated carbocycles. The number of benzene rings is 2. The van der Waals surface area contributed by atoms with E-state index in [1.807, 2.05) is 54.6 Å². The molecule has 0 radical (unpaired) electrons. The molecule has 1 N–H and O–H groups in total. The Morgan fingerprint density at radius 2 is 1.65 bits per heavy atom. The topological polar surface area (TPSA) is 98.2 Å². The Hall–Kier alpha value is -2.28. The van der Waals surface area contributed by atoms with Gasteiger partial charge in [-0.15, -0.1) is 11.3 Å². The maximum absolute atomic E-state index is 13.3. The monoisotopic (exact) mass is 563 g/mol. The predicted molar refractivity (Wildman–Crippen MR) is 148 cm³/mol. The molecular weight excluding hydrogens is 531 g/mol. The van der Waals surface area contributed by atoms with Crippen LogP contribution in [0.15, 0.2) is 76.3 Å². The van der Waals surface area contributed by atoms with Crippen molar-refractivity contribution in [1.29, 1.82) is 0 Å². The highest BCUT2D eigenvalue weighted by Crippen LogP contribution is 2.29. The number of aliphatic hydroxyl groups is 1. The van der Waals surface area contributed by atoms with Crippen LogP contribution < -0.4 is 4.90 Å². The van der Waals surface area contributed by atoms with Gasteiger partial charge in [-0.25, -0.2) is 16.8 Å². The summed E-state index contributed by atoms with van der Waals surface area (Å²) in [5.41, 5.74) is 1.47. The average molecular weight is 564 g/mol. The Morgan fingerprint density at radius 3 is 2.22 bits per heavy atom. The summed E-state index contributed by atoms with van der Waals surface area (Å²) in [5.74, 6) is 0. The molecular formula is C26H33N3O5S3. The van der Waals surface area contributed by atoms with Crippen LogP contribution in [-0.4, -0.2) is 69.0 Å². The van der Waals surface area contributed by atoms with Crippen LogP contribution in [0.25, 0.3) is 0 Å². The van der Waals surface area contributed by atoms with Crippen molar-refractivity contribution in [3.63, 3.8) is 0 Å². The van der Waals surface area contributed by atoms with E-state index < -0.39 is 31.7 Å². The summed E-state index contributed by atoms with van der Waals surface area (Å²) in [6.07, 6.45) is 1.18. The third-order valence-corrected chi connectivity index (χ3v) is 11.0. The standard InChI is InChI=1S/C26H33N3O5S3/c1-26(2,30)22-11-13-23(14-12-22)29-16-15-27(37(33,34)25-10-7-17-35-25)19-24(29)20-28(36(3,31)32)18-21-8-5-4-6-9-21/h4-14,17,24,30H,15-16,18-20H2,1-3H3/t24-/m1/s1. The van der Waals surface area contributed by atoms with Gasteiger partial charge in [-0.3, -0.25) is 0 Å². The third-order valence-electron chi connectivity index (χ3n) is 6.53. The minimum Gasteiger partial charge on any atom is -0.386 e. The summed E-state index contributed by atoms with van der Waals surface area (Å²) in [7, 11) is -7.27. The van der Waals surface area contributed by atoms with Crippen molar-refractivity contribution in [2.75, 3.05) is 37.3 Å². The van der Waals surface area contributed by atoms with Crippen molar-refractivity contribution in [2.45, 2.75) is 36.2 Å². The third kappa shape index (κ3) is 6.60. The number of hydrogen-bond donors (Lipinski definition) is 1. The first-order valence-electron chi connectivity index (χ1n) is 12.0. The fraction of sp³-hybridized carbons (Fsp3) is 0.385. The van der Waals surface area contributed by atoms with E-state index in [9.17, 15) is 21.9 Å². The van der Waals surface area contributed by atoms with Crippen molar-refractivity contribution in [2.24, 2.45) is 0 Å². The van der Waals surface area contributed by atoms with Gasteiger partial charge < -0.3 is 10.0 Å². The number of rotatable bonds is 9. The van der Waals surface area contributed by atoms with E-state index in [1.54, 1.807) is 31.4 Å². The Kier molecular flexibility index (Phi) is 8.13. The molecule has 1 aliphatic heterocycles. The minimum atomic E-state index is -3.69. The van der Waals surface area contributed by atoms with Crippen LogP contribution in [0.1, 0.15) is 25.0 Å². The average Bonchev–Trinajstić information content (AvgIpc) is 3.39. The summed E-state index contributed by atoms with van der Waals surface area (Å²) in [6.45, 7) is 4.58. The van der Waals surface area contributed by atoms with E-state index in [4.69, 9.17) is 0 Å². The number of nitrogens with zero attached hydrogens (tertiary/aromatic N) is 3. The molecule has 0 unspecified atom stereocenters. The summed E-state index contributed by atoms with van der Waals surface area (Å²) < 4.78 is 55.4. The molecule has 11 heteroatoms. The van der Waals surface area contributed by atoms with Crippen LogP contribution >= 0.6 is 11.3 Å². The van der Waals surface area contributed by atoms with E-state index in [0.29, 0.717) is 6.54 Å². The van der Waals surface area contributed by atoms with Gasteiger partial charge in [0.05, 0.1) is 17.9 Å². The molecule has 8 nitrogen and oxygen atoms in total. The predicted octanol–water partition coefficient (Wildman–Crippen LogP) is 3.32. The normalized spacial score (nSPS) is 17.9. The summed E-state index contributed by atoms with van der Waals surface area (Å²) in [6, 6.07) is 19.7. The fourth-order valence-electron chi connectivity index (χ4n) is 4.48. The van der Waals surface area contributed by atoms with E-state index >= 15 is 0 Å². The molecule has 4 rings (SSSR count). The first kappa shape index (κ1) is 27.7. The molecule has 0 spiro atoms. The van der Waals surface area contributed by atoms with E-state index in [-0.39, 0.29) is 30.4 Å². The van der Waals surface area contributed by atoms with Crippen LogP contribution in [0.4, 0.5) is 5.69 Å². The molecule has 1 atom stereocenters. The Bertz CT molecular complexity index is 1390. The van der Waals surface area contributed by atoms with Crippen molar-refractivity contribution in [3.05, 3.63) is 83.2 Å². The van der Waals surface area contributed by atoms with Crippen molar-refractivity contribution < 1.29 is 21.9 Å². The molecule has 0 aliphatic carbocycles. The summed E-state index contributed by atoms with van der Waals surface area (Å²) >= 11 is 1.17. The van der Waals surface area contributed by atoms with Gasteiger partial charge in [-0.1, -0.05) is 48.5 Å². The molecule has 2 aromatic carbocycles. The van der Waals surface area contributed by atoms with Crippen LogP contribution in [-0.2, 0) is 32.2 Å². The van der Waals surface area contributed by atoms with Crippen LogP contribution in [0.2, 0.25) is 0 Å². The van der Waals surface area contributed by atoms with Gasteiger partial charge >= 0.3 is 0 Å². The lowest BCUT2D eigenvalue weighted by Crippen LogP contribution is -2.58. The smallest absolute Gasteiger partial charge is 0.252 e. The molecule has 1 aromatic heterocycles. The lowest BCUT2D eigenvalue weighted by Gasteiger charge is -2.43. The van der Waals surface area contributed by atoms with Gasteiger partial charge in [0.2, 0.25) is 10.0 Å². The van der Waals surface area contributed by atoms with Crippen molar-refractivity contribution >= 4 is 37.1 Å². The lowest BCUT2D eigenvalue weighted by molar-refractivity contribution is 0.0786. The van der Waals surface area contributed by atoms with Gasteiger partial charge in [0, 0.05) is 38.4 Å². The van der Waals surface area contributed by atoms with Gasteiger partial charge in [-0.05, 0) is 48.6 Å². The SMILES string of the molecule is CC(C)(O)c1ccc(N2CCN(S(=O)(=O)c3cccs3)C[C@@H]2CN(Cc2ccccc2)S(C)(=O)=O)cc1. The Balaban J connectivity index is 1.66. The van der Waals surface area contributed by atoms with Crippen molar-refractivity contribution in [3.8, 4) is 0 Å². The summed E-state index contributed by atoms with van der Waals surface area (Å²) in [5, 5.41) is 12.1. The zero-order valence-electron chi connectivity index (χ0n) is 21.2. The van der Waals surface area contributed by atoms with Gasteiger partial charge in [-0.2, -0.15) is 8.61 Å². The first-order valence-corrected chi connectivity index (χ1v) is 16.1. The molecule has 1 aliphatic rings. The fourth-order valence-corrected chi connectivity index (χ4v) is 7.92. The molecule has 1 saturated heterocycles. The van der Waals surface area contributed by atoms with Gasteiger partial charge in [0.25, 0.3) is 10.0 Å². The number of anilines is 1. The maximum atomic E-state index is 13.3. The number of hydrogen-bond acceptors (Lipinski definition) is 7. The van der Waals surface area contributed by atoms with E-state index in [0.717, 1.165) is 16.8 Å². The first-order chi connectivity index (χ1) is 17.4. The molecule has 2 heterocycles. The Labute approximate surface area is 223 Å². The molecule has 37 heavy (non-hydrogen) atoms. The quantitative estimate of drug-likeness (QED) is 0.429. The van der Waals surface area contributed by atoms with Crippen LogP contribution in [0, 0.1) is 0 Å². The molecule has 0 amide bonds. The second kappa shape index (κ2) is 10.8. The lowest BCUT2D eigenvalue weighted by atomic mass is 9.98. The second-order valence-corrected chi connectivity index (χ2v) is 14.9. The maximum Gasteiger partial charge on any atom is 0.252 e. The molecule has 3 aromatic rings. The minimum absolute atomic E-state index is 0.122. The highest BCUT2D eigenvalue weighted by Gasteiger charge is 2.37. The molecule has 0 bridgehead atoms. The van der Waals surface area contributed by atoms with E-state index in [1.165, 1.54) is 26.2 Å². The number of piperazine rings is 1. The largest absolute Gasteiger partial charge is 0.386 e. The van der Waals surface area contributed by atoms with Gasteiger partial charge in [0.1, 0.15) is 4.21 Å².